The molecule has 2 aromatic rings. The summed E-state index contributed by atoms with van der Waals surface area (Å²) < 4.78 is 11.4. The van der Waals surface area contributed by atoms with Gasteiger partial charge in [-0.25, -0.2) is 0 Å². The largest absolute Gasteiger partial charge is 0.490 e. The van der Waals surface area contributed by atoms with E-state index in [1.54, 1.807) is 23.1 Å². The van der Waals surface area contributed by atoms with E-state index in [1.807, 2.05) is 52.0 Å². The predicted octanol–water partition coefficient (Wildman–Crippen LogP) is 3.78. The average molecular weight is 382 g/mol. The van der Waals surface area contributed by atoms with Crippen molar-refractivity contribution in [3.63, 3.8) is 0 Å². The van der Waals surface area contributed by atoms with Crippen molar-refractivity contribution in [2.75, 3.05) is 30.0 Å². The topological polar surface area (TPSA) is 67.9 Å². The first kappa shape index (κ1) is 19.7. The van der Waals surface area contributed by atoms with Crippen molar-refractivity contribution in [3.8, 4) is 11.5 Å². The van der Waals surface area contributed by atoms with Gasteiger partial charge in [0.05, 0.1) is 11.1 Å². The molecule has 2 aromatic carbocycles. The van der Waals surface area contributed by atoms with Crippen molar-refractivity contribution < 1.29 is 19.1 Å². The fraction of sp³-hybridized carbons (Fsp3) is 0.364. The highest BCUT2D eigenvalue weighted by atomic mass is 16.5. The molecule has 28 heavy (non-hydrogen) atoms. The quantitative estimate of drug-likeness (QED) is 0.854. The molecule has 148 valence electrons. The summed E-state index contributed by atoms with van der Waals surface area (Å²) in [5, 5.41) is 2.82. The molecule has 1 heterocycles. The number of nitrogens with one attached hydrogen (secondary N) is 1. The summed E-state index contributed by atoms with van der Waals surface area (Å²) in [4.78, 5) is 26.8. The minimum Gasteiger partial charge on any atom is -0.490 e. The molecule has 0 unspecified atom stereocenters. The van der Waals surface area contributed by atoms with Gasteiger partial charge in [-0.3, -0.25) is 9.59 Å². The first-order chi connectivity index (χ1) is 13.3. The molecule has 1 N–H and O–H groups in total. The van der Waals surface area contributed by atoms with Gasteiger partial charge in [-0.15, -0.1) is 0 Å². The summed E-state index contributed by atoms with van der Waals surface area (Å²) in [5.41, 5.74) is 1.61. The molecule has 0 fully saturated rings. The van der Waals surface area contributed by atoms with Crippen LogP contribution in [0.3, 0.4) is 0 Å². The zero-order chi connectivity index (χ0) is 20.3. The monoisotopic (exact) mass is 382 g/mol. The molecule has 0 radical (unpaired) electrons. The highest BCUT2D eigenvalue weighted by Crippen LogP contribution is 2.38. The molecule has 0 saturated heterocycles. The number of fused-ring (bicyclic) bond motifs is 1. The number of ether oxygens (including phenoxy) is 2. The van der Waals surface area contributed by atoms with Gasteiger partial charge in [0.25, 0.3) is 5.91 Å². The van der Waals surface area contributed by atoms with Gasteiger partial charge in [0.15, 0.2) is 6.61 Å². The van der Waals surface area contributed by atoms with Crippen LogP contribution in [0.15, 0.2) is 42.5 Å². The molecule has 0 aromatic heterocycles. The molecule has 0 spiro atoms. The maximum absolute atomic E-state index is 12.8. The van der Waals surface area contributed by atoms with Crippen molar-refractivity contribution in [2.45, 2.75) is 27.7 Å². The van der Waals surface area contributed by atoms with Crippen LogP contribution in [0.1, 0.15) is 26.3 Å². The van der Waals surface area contributed by atoms with Crippen molar-refractivity contribution in [3.05, 3.63) is 48.0 Å². The number of carbonyl (C=O) groups excluding carboxylic acids is 2. The number of amides is 2. The third-order valence-electron chi connectivity index (χ3n) is 4.71. The maximum Gasteiger partial charge on any atom is 0.262 e. The van der Waals surface area contributed by atoms with Crippen molar-refractivity contribution >= 4 is 23.2 Å². The zero-order valence-electron chi connectivity index (χ0n) is 16.7. The van der Waals surface area contributed by atoms with Gasteiger partial charge in [0, 0.05) is 12.2 Å². The third-order valence-corrected chi connectivity index (χ3v) is 4.71. The predicted molar refractivity (Wildman–Crippen MR) is 109 cm³/mol. The maximum atomic E-state index is 12.8. The average Bonchev–Trinajstić information content (AvgIpc) is 2.76. The van der Waals surface area contributed by atoms with Gasteiger partial charge in [-0.2, -0.15) is 0 Å². The molecular formula is C22H26N2O4. The SMILES string of the molecule is CCN1C(=O)C(C)(C)COc2ccc(NC(=O)COc3ccccc3C)cc21. The lowest BCUT2D eigenvalue weighted by Crippen LogP contribution is -2.42. The molecule has 3 rings (SSSR count). The Morgan fingerprint density at radius 3 is 2.71 bits per heavy atom. The second-order valence-electron chi connectivity index (χ2n) is 7.51. The Labute approximate surface area is 165 Å². The number of hydrogen-bond donors (Lipinski definition) is 1. The second-order valence-corrected chi connectivity index (χ2v) is 7.51. The van der Waals surface area contributed by atoms with Gasteiger partial charge in [0.2, 0.25) is 5.91 Å². The molecular weight excluding hydrogens is 356 g/mol. The summed E-state index contributed by atoms with van der Waals surface area (Å²) in [6.45, 7) is 8.33. The van der Waals surface area contributed by atoms with Crippen LogP contribution < -0.4 is 19.7 Å². The van der Waals surface area contributed by atoms with E-state index in [1.165, 1.54) is 0 Å². The van der Waals surface area contributed by atoms with Crippen LogP contribution >= 0.6 is 0 Å². The van der Waals surface area contributed by atoms with Crippen LogP contribution in [-0.2, 0) is 9.59 Å². The second kappa shape index (κ2) is 7.92. The first-order valence-corrected chi connectivity index (χ1v) is 9.39. The van der Waals surface area contributed by atoms with E-state index in [-0.39, 0.29) is 18.4 Å². The van der Waals surface area contributed by atoms with Crippen LogP contribution in [0.25, 0.3) is 0 Å². The Hall–Kier alpha value is -3.02. The zero-order valence-corrected chi connectivity index (χ0v) is 16.7. The van der Waals surface area contributed by atoms with Gasteiger partial charge in [-0.1, -0.05) is 18.2 Å². The number of aryl methyl sites for hydroxylation is 1. The molecule has 2 amide bonds. The summed E-state index contributed by atoms with van der Waals surface area (Å²) in [6, 6.07) is 12.9. The Morgan fingerprint density at radius 2 is 2.00 bits per heavy atom. The number of nitrogens with zero attached hydrogens (tertiary/aromatic N) is 1. The van der Waals surface area contributed by atoms with E-state index >= 15 is 0 Å². The number of benzene rings is 2. The van der Waals surface area contributed by atoms with E-state index in [4.69, 9.17) is 9.47 Å². The van der Waals surface area contributed by atoms with E-state index in [2.05, 4.69) is 5.32 Å². The number of carbonyl (C=O) groups is 2. The van der Waals surface area contributed by atoms with E-state index in [0.717, 1.165) is 5.56 Å². The highest BCUT2D eigenvalue weighted by Gasteiger charge is 2.37. The van der Waals surface area contributed by atoms with E-state index < -0.39 is 5.41 Å². The van der Waals surface area contributed by atoms with Gasteiger partial charge >= 0.3 is 0 Å². The molecule has 6 heteroatoms. The number of rotatable bonds is 5. The van der Waals surface area contributed by atoms with Gasteiger partial charge < -0.3 is 19.7 Å². The third kappa shape index (κ3) is 4.11. The molecule has 0 aliphatic carbocycles. The summed E-state index contributed by atoms with van der Waals surface area (Å²) in [7, 11) is 0. The Bertz CT molecular complexity index is 892. The van der Waals surface area contributed by atoms with Crippen LogP contribution in [-0.4, -0.2) is 31.6 Å². The van der Waals surface area contributed by atoms with E-state index in [0.29, 0.717) is 36.0 Å². The molecule has 0 atom stereocenters. The molecule has 1 aliphatic heterocycles. The smallest absolute Gasteiger partial charge is 0.262 e. The van der Waals surface area contributed by atoms with Crippen molar-refractivity contribution in [1.82, 2.24) is 0 Å². The van der Waals surface area contributed by atoms with Crippen LogP contribution in [0.5, 0.6) is 11.5 Å². The highest BCUT2D eigenvalue weighted by molar-refractivity contribution is 6.00. The number of para-hydroxylation sites is 1. The molecule has 6 nitrogen and oxygen atoms in total. The summed E-state index contributed by atoms with van der Waals surface area (Å²) >= 11 is 0. The number of hydrogen-bond acceptors (Lipinski definition) is 4. The normalized spacial score (nSPS) is 15.3. The summed E-state index contributed by atoms with van der Waals surface area (Å²) in [5.74, 6) is 1.04. The van der Waals surface area contributed by atoms with Crippen LogP contribution in [0, 0.1) is 12.3 Å². The number of anilines is 2. The minimum atomic E-state index is -0.611. The lowest BCUT2D eigenvalue weighted by molar-refractivity contribution is -0.127. The van der Waals surface area contributed by atoms with Gasteiger partial charge in [0.1, 0.15) is 18.1 Å². The van der Waals surface area contributed by atoms with Crippen LogP contribution in [0.4, 0.5) is 11.4 Å². The Kier molecular flexibility index (Phi) is 5.58. The van der Waals surface area contributed by atoms with Crippen molar-refractivity contribution in [1.29, 1.82) is 0 Å². The summed E-state index contributed by atoms with van der Waals surface area (Å²) in [6.07, 6.45) is 0. The fourth-order valence-electron chi connectivity index (χ4n) is 3.10. The molecule has 1 aliphatic rings. The minimum absolute atomic E-state index is 0.000104. The Balaban J connectivity index is 1.74. The standard InChI is InChI=1S/C22H26N2O4/c1-5-24-17-12-16(10-11-19(17)28-14-22(3,4)21(24)26)23-20(25)13-27-18-9-7-6-8-15(18)2/h6-12H,5,13-14H2,1-4H3,(H,23,25). The molecule has 0 bridgehead atoms. The fourth-order valence-corrected chi connectivity index (χ4v) is 3.10. The van der Waals surface area contributed by atoms with E-state index in [9.17, 15) is 9.59 Å². The van der Waals surface area contributed by atoms with Crippen LogP contribution in [0.2, 0.25) is 0 Å². The molecule has 0 saturated carbocycles. The lowest BCUT2D eigenvalue weighted by atomic mass is 9.93. The van der Waals surface area contributed by atoms with Gasteiger partial charge in [-0.05, 0) is 57.5 Å². The Morgan fingerprint density at radius 1 is 1.25 bits per heavy atom. The lowest BCUT2D eigenvalue weighted by Gasteiger charge is -2.27. The van der Waals surface area contributed by atoms with Crippen molar-refractivity contribution in [2.24, 2.45) is 5.41 Å². The first-order valence-electron chi connectivity index (χ1n) is 9.39.